The molecule has 0 bridgehead atoms. The van der Waals surface area contributed by atoms with Crippen molar-refractivity contribution in [1.29, 1.82) is 0 Å². The molecule has 1 unspecified atom stereocenters. The van der Waals surface area contributed by atoms with Crippen molar-refractivity contribution in [2.75, 3.05) is 31.1 Å². The molecule has 0 aromatic rings. The number of rotatable bonds is 4. The second-order valence-electron chi connectivity index (χ2n) is 4.90. The Bertz CT molecular complexity index is 420. The lowest BCUT2D eigenvalue weighted by atomic mass is 10.2. The van der Waals surface area contributed by atoms with Gasteiger partial charge >= 0.3 is 5.97 Å². The normalized spacial score (nSPS) is 27.3. The van der Waals surface area contributed by atoms with Crippen molar-refractivity contribution in [3.05, 3.63) is 0 Å². The summed E-state index contributed by atoms with van der Waals surface area (Å²) in [5.74, 6) is 0.370. The van der Waals surface area contributed by atoms with Crippen molar-refractivity contribution < 1.29 is 18.3 Å². The first kappa shape index (κ1) is 15.1. The van der Waals surface area contributed by atoms with E-state index in [2.05, 4.69) is 0 Å². The van der Waals surface area contributed by atoms with Gasteiger partial charge in [-0.2, -0.15) is 28.8 Å². The van der Waals surface area contributed by atoms with Crippen LogP contribution in [0.2, 0.25) is 0 Å². The quantitative estimate of drug-likeness (QED) is 0.823. The van der Waals surface area contributed by atoms with Crippen LogP contribution >= 0.6 is 11.8 Å². The third kappa shape index (κ3) is 3.62. The fourth-order valence-corrected chi connectivity index (χ4v) is 5.69. The average Bonchev–Trinajstić information content (AvgIpc) is 2.39. The van der Waals surface area contributed by atoms with Crippen molar-refractivity contribution in [2.24, 2.45) is 0 Å². The van der Waals surface area contributed by atoms with E-state index in [0.717, 1.165) is 25.0 Å². The van der Waals surface area contributed by atoms with E-state index in [1.54, 1.807) is 11.8 Å². The van der Waals surface area contributed by atoms with Crippen LogP contribution in [0.3, 0.4) is 0 Å². The molecule has 8 heteroatoms. The van der Waals surface area contributed by atoms with Gasteiger partial charge in [-0.3, -0.25) is 4.79 Å². The van der Waals surface area contributed by atoms with E-state index in [4.69, 9.17) is 5.11 Å². The number of aliphatic carboxylic acids is 1. The van der Waals surface area contributed by atoms with Gasteiger partial charge in [-0.25, -0.2) is 0 Å². The molecule has 2 aliphatic heterocycles. The molecule has 19 heavy (non-hydrogen) atoms. The number of thioether (sulfide) groups is 1. The van der Waals surface area contributed by atoms with Gasteiger partial charge in [0, 0.05) is 37.2 Å². The summed E-state index contributed by atoms with van der Waals surface area (Å²) < 4.78 is 28.1. The fraction of sp³-hybridized carbons (Fsp3) is 0.909. The summed E-state index contributed by atoms with van der Waals surface area (Å²) in [5.41, 5.74) is 0. The molecule has 6 nitrogen and oxygen atoms in total. The summed E-state index contributed by atoms with van der Waals surface area (Å²) >= 11 is 1.62. The summed E-state index contributed by atoms with van der Waals surface area (Å²) in [6.45, 7) is 1.54. The SMILES string of the molecule is O=C(O)CC1CSCCN1S(=O)(=O)N1CCCCC1. The summed E-state index contributed by atoms with van der Waals surface area (Å²) in [5, 5.41) is 8.92. The lowest BCUT2D eigenvalue weighted by Gasteiger charge is -2.38. The van der Waals surface area contributed by atoms with Crippen LogP contribution in [0.4, 0.5) is 0 Å². The monoisotopic (exact) mass is 308 g/mol. The standard InChI is InChI=1S/C11H20N2O4S2/c14-11(15)8-10-9-18-7-6-13(10)19(16,17)12-4-2-1-3-5-12/h10H,1-9H2,(H,14,15). The van der Waals surface area contributed by atoms with E-state index in [0.29, 0.717) is 25.4 Å². The van der Waals surface area contributed by atoms with Crippen molar-refractivity contribution in [1.82, 2.24) is 8.61 Å². The summed E-state index contributed by atoms with van der Waals surface area (Å²) in [6, 6.07) is -0.414. The molecule has 1 N–H and O–H groups in total. The lowest BCUT2D eigenvalue weighted by molar-refractivity contribution is -0.137. The predicted molar refractivity (Wildman–Crippen MR) is 74.4 cm³/mol. The fourth-order valence-electron chi connectivity index (χ4n) is 2.55. The van der Waals surface area contributed by atoms with Gasteiger partial charge in [0.05, 0.1) is 6.42 Å². The van der Waals surface area contributed by atoms with Gasteiger partial charge in [-0.05, 0) is 12.8 Å². The molecule has 0 aliphatic carbocycles. The van der Waals surface area contributed by atoms with Gasteiger partial charge < -0.3 is 5.11 Å². The van der Waals surface area contributed by atoms with Gasteiger partial charge in [0.25, 0.3) is 10.2 Å². The molecule has 1 atom stereocenters. The summed E-state index contributed by atoms with van der Waals surface area (Å²) in [6.07, 6.45) is 2.75. The molecule has 2 heterocycles. The molecule has 0 aromatic carbocycles. The van der Waals surface area contributed by atoms with E-state index in [1.807, 2.05) is 0 Å². The first-order valence-electron chi connectivity index (χ1n) is 6.58. The highest BCUT2D eigenvalue weighted by Gasteiger charge is 2.37. The maximum absolute atomic E-state index is 12.6. The van der Waals surface area contributed by atoms with Crippen LogP contribution in [-0.4, -0.2) is 65.3 Å². The molecule has 2 rings (SSSR count). The van der Waals surface area contributed by atoms with E-state index in [9.17, 15) is 13.2 Å². The molecule has 2 saturated heterocycles. The van der Waals surface area contributed by atoms with Crippen molar-refractivity contribution in [3.8, 4) is 0 Å². The van der Waals surface area contributed by atoms with Crippen molar-refractivity contribution in [3.63, 3.8) is 0 Å². The van der Waals surface area contributed by atoms with E-state index in [-0.39, 0.29) is 6.42 Å². The number of carbonyl (C=O) groups is 1. The number of nitrogens with zero attached hydrogens (tertiary/aromatic N) is 2. The van der Waals surface area contributed by atoms with Crippen LogP contribution in [-0.2, 0) is 15.0 Å². The number of hydrogen-bond acceptors (Lipinski definition) is 4. The Morgan fingerprint density at radius 2 is 1.89 bits per heavy atom. The Balaban J connectivity index is 2.13. The maximum Gasteiger partial charge on any atom is 0.305 e. The third-order valence-corrected chi connectivity index (χ3v) is 6.70. The Kier molecular flexibility index (Phi) is 5.10. The van der Waals surface area contributed by atoms with E-state index < -0.39 is 22.2 Å². The third-order valence-electron chi connectivity index (χ3n) is 3.52. The van der Waals surface area contributed by atoms with Crippen molar-refractivity contribution >= 4 is 27.9 Å². The minimum atomic E-state index is -3.49. The van der Waals surface area contributed by atoms with Crippen molar-refractivity contribution in [2.45, 2.75) is 31.7 Å². The first-order chi connectivity index (χ1) is 9.01. The van der Waals surface area contributed by atoms with Crippen LogP contribution in [0.25, 0.3) is 0 Å². The van der Waals surface area contributed by atoms with E-state index >= 15 is 0 Å². The van der Waals surface area contributed by atoms with Gasteiger partial charge in [-0.1, -0.05) is 6.42 Å². The summed E-state index contributed by atoms with van der Waals surface area (Å²) in [4.78, 5) is 10.9. The highest BCUT2D eigenvalue weighted by Crippen LogP contribution is 2.25. The molecule has 0 amide bonds. The minimum absolute atomic E-state index is 0.111. The van der Waals surface area contributed by atoms with Gasteiger partial charge in [0.1, 0.15) is 0 Å². The van der Waals surface area contributed by atoms with Gasteiger partial charge in [0.2, 0.25) is 0 Å². The molecule has 0 aromatic heterocycles. The zero-order valence-electron chi connectivity index (χ0n) is 10.8. The number of hydrogen-bond donors (Lipinski definition) is 1. The highest BCUT2D eigenvalue weighted by molar-refractivity contribution is 7.99. The smallest absolute Gasteiger partial charge is 0.305 e. The van der Waals surface area contributed by atoms with Crippen LogP contribution in [0.5, 0.6) is 0 Å². The largest absolute Gasteiger partial charge is 0.481 e. The Labute approximate surface area is 118 Å². The Hall–Kier alpha value is -0.310. The number of piperidine rings is 1. The van der Waals surface area contributed by atoms with Crippen LogP contribution in [0, 0.1) is 0 Å². The van der Waals surface area contributed by atoms with Gasteiger partial charge in [0.15, 0.2) is 0 Å². The average molecular weight is 308 g/mol. The van der Waals surface area contributed by atoms with Crippen LogP contribution in [0.15, 0.2) is 0 Å². The van der Waals surface area contributed by atoms with Crippen LogP contribution in [0.1, 0.15) is 25.7 Å². The first-order valence-corrected chi connectivity index (χ1v) is 9.13. The topological polar surface area (TPSA) is 77.9 Å². The molecule has 2 fully saturated rings. The zero-order chi connectivity index (χ0) is 13.9. The molecule has 0 spiro atoms. The van der Waals surface area contributed by atoms with Crippen LogP contribution < -0.4 is 0 Å². The molecule has 0 saturated carbocycles. The molecular weight excluding hydrogens is 288 g/mol. The zero-order valence-corrected chi connectivity index (χ0v) is 12.5. The second-order valence-corrected chi connectivity index (χ2v) is 7.94. The maximum atomic E-state index is 12.6. The summed E-state index contributed by atoms with van der Waals surface area (Å²) in [7, 11) is -3.49. The highest BCUT2D eigenvalue weighted by atomic mass is 32.2. The minimum Gasteiger partial charge on any atom is -0.481 e. The Morgan fingerprint density at radius 3 is 2.53 bits per heavy atom. The van der Waals surface area contributed by atoms with Gasteiger partial charge in [-0.15, -0.1) is 0 Å². The predicted octanol–water partition coefficient (Wildman–Crippen LogP) is 0.609. The molecule has 110 valence electrons. The Morgan fingerprint density at radius 1 is 1.21 bits per heavy atom. The lowest BCUT2D eigenvalue weighted by Crippen LogP contribution is -2.53. The van der Waals surface area contributed by atoms with E-state index in [1.165, 1.54) is 8.61 Å². The second kappa shape index (κ2) is 6.43. The number of carboxylic acids is 1. The molecular formula is C11H20N2O4S2. The molecule has 0 radical (unpaired) electrons. The molecule has 2 aliphatic rings. The number of carboxylic acid groups (broad SMARTS) is 1.